The molecule has 0 bridgehead atoms. The summed E-state index contributed by atoms with van der Waals surface area (Å²) in [7, 11) is 1.76. The van der Waals surface area contributed by atoms with E-state index in [1.807, 2.05) is 12.1 Å². The fourth-order valence-corrected chi connectivity index (χ4v) is 3.16. The van der Waals surface area contributed by atoms with Gasteiger partial charge in [0.05, 0.1) is 41.8 Å². The van der Waals surface area contributed by atoms with E-state index < -0.39 is 0 Å². The molecule has 0 aromatic carbocycles. The van der Waals surface area contributed by atoms with Gasteiger partial charge in [-0.05, 0) is 11.6 Å². The van der Waals surface area contributed by atoms with Crippen molar-refractivity contribution < 1.29 is 9.59 Å². The molecule has 1 aliphatic rings. The Hall–Kier alpha value is -3.49. The summed E-state index contributed by atoms with van der Waals surface area (Å²) in [5.74, 6) is -0.360. The van der Waals surface area contributed by atoms with Crippen LogP contribution in [-0.4, -0.2) is 42.4 Å². The van der Waals surface area contributed by atoms with Crippen molar-refractivity contribution in [2.45, 2.75) is 25.6 Å². The molecule has 0 saturated carbocycles. The molecule has 1 atom stereocenters. The summed E-state index contributed by atoms with van der Waals surface area (Å²) >= 11 is 0. The molecule has 3 aromatic heterocycles. The van der Waals surface area contributed by atoms with Crippen LogP contribution in [0.15, 0.2) is 43.1 Å². The zero-order valence-corrected chi connectivity index (χ0v) is 14.8. The molecule has 0 fully saturated rings. The average molecular weight is 365 g/mol. The molecule has 0 aliphatic carbocycles. The Labute approximate surface area is 155 Å². The van der Waals surface area contributed by atoms with Gasteiger partial charge in [0.15, 0.2) is 0 Å². The lowest BCUT2D eigenvalue weighted by molar-refractivity contribution is 0.0934. The lowest BCUT2D eigenvalue weighted by Gasteiger charge is -2.10. The number of hydrogen-bond donors (Lipinski definition) is 2. The van der Waals surface area contributed by atoms with Crippen molar-refractivity contribution in [2.75, 3.05) is 0 Å². The Balaban J connectivity index is 1.38. The number of nitrogens with one attached hydrogen (secondary N) is 2. The minimum Gasteiger partial charge on any atom is -0.348 e. The molecule has 0 spiro atoms. The summed E-state index contributed by atoms with van der Waals surface area (Å²) in [5.41, 5.74) is 2.81. The van der Waals surface area contributed by atoms with Crippen molar-refractivity contribution in [2.24, 2.45) is 7.05 Å². The predicted molar refractivity (Wildman–Crippen MR) is 95.8 cm³/mol. The van der Waals surface area contributed by atoms with Gasteiger partial charge in [-0.15, -0.1) is 0 Å². The fourth-order valence-electron chi connectivity index (χ4n) is 3.16. The number of aryl methyl sites for hydroxylation is 1. The molecule has 138 valence electrons. The van der Waals surface area contributed by atoms with E-state index >= 15 is 0 Å². The number of carbonyl (C=O) groups excluding carboxylic acids is 2. The monoisotopic (exact) mass is 365 g/mol. The van der Waals surface area contributed by atoms with Crippen LogP contribution in [0.3, 0.4) is 0 Å². The maximum atomic E-state index is 12.5. The maximum Gasteiger partial charge on any atom is 0.255 e. The first-order valence-electron chi connectivity index (χ1n) is 8.61. The summed E-state index contributed by atoms with van der Waals surface area (Å²) in [4.78, 5) is 28.8. The minimum absolute atomic E-state index is 0.105. The molecule has 9 heteroatoms. The molecule has 1 aliphatic heterocycles. The first kappa shape index (κ1) is 17.0. The number of aromatic nitrogens is 5. The van der Waals surface area contributed by atoms with E-state index in [1.165, 1.54) is 6.20 Å². The summed E-state index contributed by atoms with van der Waals surface area (Å²) in [6.45, 7) is 0.940. The van der Waals surface area contributed by atoms with Crippen LogP contribution in [0, 0.1) is 0 Å². The summed E-state index contributed by atoms with van der Waals surface area (Å²) in [6, 6.07) is 3.63. The van der Waals surface area contributed by atoms with Crippen molar-refractivity contribution in [3.8, 4) is 0 Å². The Kier molecular flexibility index (Phi) is 4.41. The van der Waals surface area contributed by atoms with Crippen LogP contribution < -0.4 is 10.6 Å². The van der Waals surface area contributed by atoms with Crippen LogP contribution in [0.4, 0.5) is 0 Å². The van der Waals surface area contributed by atoms with Crippen molar-refractivity contribution in [1.29, 1.82) is 0 Å². The van der Waals surface area contributed by atoms with Crippen LogP contribution in [0.25, 0.3) is 0 Å². The zero-order valence-electron chi connectivity index (χ0n) is 14.8. The lowest BCUT2D eigenvalue weighted by Crippen LogP contribution is -2.36. The smallest absolute Gasteiger partial charge is 0.255 e. The van der Waals surface area contributed by atoms with E-state index in [1.54, 1.807) is 41.2 Å². The maximum absolute atomic E-state index is 12.5. The highest BCUT2D eigenvalue weighted by molar-refractivity contribution is 5.95. The number of pyridine rings is 1. The fraction of sp³-hybridized carbons (Fsp3) is 0.278. The predicted octanol–water partition coefficient (Wildman–Crippen LogP) is 0.296. The molecule has 9 nitrogen and oxygen atoms in total. The van der Waals surface area contributed by atoms with Gasteiger partial charge in [0, 0.05) is 38.6 Å². The number of rotatable bonds is 5. The Morgan fingerprint density at radius 3 is 2.85 bits per heavy atom. The van der Waals surface area contributed by atoms with Gasteiger partial charge in [0.1, 0.15) is 0 Å². The summed E-state index contributed by atoms with van der Waals surface area (Å²) < 4.78 is 3.35. The highest BCUT2D eigenvalue weighted by Crippen LogP contribution is 2.19. The van der Waals surface area contributed by atoms with Gasteiger partial charge in [-0.3, -0.25) is 23.9 Å². The molecule has 4 heterocycles. The lowest BCUT2D eigenvalue weighted by atomic mass is 10.1. The second-order valence-corrected chi connectivity index (χ2v) is 6.51. The van der Waals surface area contributed by atoms with E-state index in [0.29, 0.717) is 30.6 Å². The SMILES string of the molecule is Cn1cc(C(=O)NC2Cc3c(C(=O)NCc4cccnc4)cnn3C2)cn1. The quantitative estimate of drug-likeness (QED) is 0.676. The van der Waals surface area contributed by atoms with Crippen LogP contribution >= 0.6 is 0 Å². The van der Waals surface area contributed by atoms with Crippen molar-refractivity contribution in [3.63, 3.8) is 0 Å². The highest BCUT2D eigenvalue weighted by atomic mass is 16.2. The molecular formula is C18H19N7O2. The van der Waals surface area contributed by atoms with Gasteiger partial charge < -0.3 is 10.6 Å². The van der Waals surface area contributed by atoms with Gasteiger partial charge in [-0.25, -0.2) is 0 Å². The molecule has 1 unspecified atom stereocenters. The number of nitrogens with zero attached hydrogens (tertiary/aromatic N) is 5. The number of amides is 2. The van der Waals surface area contributed by atoms with Gasteiger partial charge >= 0.3 is 0 Å². The molecule has 4 rings (SSSR count). The van der Waals surface area contributed by atoms with Crippen molar-refractivity contribution in [3.05, 3.63) is 65.5 Å². The van der Waals surface area contributed by atoms with Crippen LogP contribution in [-0.2, 0) is 26.6 Å². The number of carbonyl (C=O) groups is 2. The topological polar surface area (TPSA) is 107 Å². The van der Waals surface area contributed by atoms with E-state index in [-0.39, 0.29) is 17.9 Å². The molecule has 2 amide bonds. The van der Waals surface area contributed by atoms with Gasteiger partial charge in [0.2, 0.25) is 0 Å². The Bertz CT molecular complexity index is 977. The third-order valence-electron chi connectivity index (χ3n) is 4.50. The van der Waals surface area contributed by atoms with Crippen LogP contribution in [0.5, 0.6) is 0 Å². The summed E-state index contributed by atoms with van der Waals surface area (Å²) in [5, 5.41) is 14.1. The largest absolute Gasteiger partial charge is 0.348 e. The third kappa shape index (κ3) is 3.57. The van der Waals surface area contributed by atoms with Crippen molar-refractivity contribution >= 4 is 11.8 Å². The first-order chi connectivity index (χ1) is 13.1. The molecule has 0 radical (unpaired) electrons. The number of fused-ring (bicyclic) bond motifs is 1. The van der Waals surface area contributed by atoms with Gasteiger partial charge in [-0.2, -0.15) is 10.2 Å². The van der Waals surface area contributed by atoms with E-state index in [0.717, 1.165) is 11.3 Å². The van der Waals surface area contributed by atoms with Gasteiger partial charge in [0.25, 0.3) is 11.8 Å². The first-order valence-corrected chi connectivity index (χ1v) is 8.61. The summed E-state index contributed by atoms with van der Waals surface area (Å²) in [6.07, 6.45) is 8.73. The third-order valence-corrected chi connectivity index (χ3v) is 4.50. The second kappa shape index (κ2) is 7.02. The molecule has 0 saturated heterocycles. The Morgan fingerprint density at radius 2 is 2.11 bits per heavy atom. The van der Waals surface area contributed by atoms with Crippen LogP contribution in [0.1, 0.15) is 32.0 Å². The molecule has 2 N–H and O–H groups in total. The minimum atomic E-state index is -0.181. The zero-order chi connectivity index (χ0) is 18.8. The molecular weight excluding hydrogens is 346 g/mol. The van der Waals surface area contributed by atoms with E-state index in [9.17, 15) is 9.59 Å². The van der Waals surface area contributed by atoms with Crippen molar-refractivity contribution in [1.82, 2.24) is 35.2 Å². The second-order valence-electron chi connectivity index (χ2n) is 6.51. The molecule has 3 aromatic rings. The standard InChI is InChI=1S/C18H19N7O2/c1-24-10-13(8-21-24)17(26)23-14-5-16-15(9-22-25(16)11-14)18(27)20-7-12-3-2-4-19-6-12/h2-4,6,8-10,14H,5,7,11H2,1H3,(H,20,27)(H,23,26). The average Bonchev–Trinajstić information content (AvgIpc) is 3.36. The molecule has 27 heavy (non-hydrogen) atoms. The van der Waals surface area contributed by atoms with E-state index in [2.05, 4.69) is 25.8 Å². The highest BCUT2D eigenvalue weighted by Gasteiger charge is 2.29. The van der Waals surface area contributed by atoms with Gasteiger partial charge in [-0.1, -0.05) is 6.07 Å². The normalized spacial score (nSPS) is 15.4. The Morgan fingerprint density at radius 1 is 1.22 bits per heavy atom. The number of hydrogen-bond acceptors (Lipinski definition) is 5. The van der Waals surface area contributed by atoms with E-state index in [4.69, 9.17) is 0 Å². The van der Waals surface area contributed by atoms with Crippen LogP contribution in [0.2, 0.25) is 0 Å².